The third kappa shape index (κ3) is 4.82. The van der Waals surface area contributed by atoms with Crippen LogP contribution in [0.5, 0.6) is 11.5 Å². The molecule has 168 valence electrons. The summed E-state index contributed by atoms with van der Waals surface area (Å²) < 4.78 is 9.16. The molecule has 0 spiro atoms. The van der Waals surface area contributed by atoms with E-state index in [2.05, 4.69) is 20.4 Å². The Kier molecular flexibility index (Phi) is 6.03. The molecule has 1 amide bonds. The van der Waals surface area contributed by atoms with Gasteiger partial charge in [0.1, 0.15) is 22.9 Å². The third-order valence-electron chi connectivity index (χ3n) is 5.03. The summed E-state index contributed by atoms with van der Waals surface area (Å²) in [7, 11) is 1.84. The molecule has 33 heavy (non-hydrogen) atoms. The highest BCUT2D eigenvalue weighted by Crippen LogP contribution is 2.27. The van der Waals surface area contributed by atoms with Crippen molar-refractivity contribution in [3.05, 3.63) is 82.8 Å². The summed E-state index contributed by atoms with van der Waals surface area (Å²) in [4.78, 5) is 33.9. The average molecular weight is 444 g/mol. The Morgan fingerprint density at radius 1 is 1.12 bits per heavy atom. The Balaban J connectivity index is 1.51. The molecule has 9 heteroatoms. The van der Waals surface area contributed by atoms with E-state index in [9.17, 15) is 9.59 Å². The van der Waals surface area contributed by atoms with Crippen molar-refractivity contribution < 1.29 is 9.53 Å². The first kappa shape index (κ1) is 21.9. The van der Waals surface area contributed by atoms with Crippen molar-refractivity contribution in [3.63, 3.8) is 0 Å². The van der Waals surface area contributed by atoms with Gasteiger partial charge in [-0.2, -0.15) is 5.10 Å². The van der Waals surface area contributed by atoms with Gasteiger partial charge in [-0.1, -0.05) is 0 Å². The van der Waals surface area contributed by atoms with E-state index in [1.807, 2.05) is 33.2 Å². The Labute approximate surface area is 190 Å². The van der Waals surface area contributed by atoms with E-state index in [1.165, 1.54) is 16.8 Å². The quantitative estimate of drug-likeness (QED) is 0.483. The van der Waals surface area contributed by atoms with Crippen molar-refractivity contribution in [2.45, 2.75) is 26.8 Å². The predicted molar refractivity (Wildman–Crippen MR) is 125 cm³/mol. The first-order valence-corrected chi connectivity index (χ1v) is 10.4. The molecular formula is C24H24N6O3. The molecule has 0 saturated carbocycles. The summed E-state index contributed by atoms with van der Waals surface area (Å²) in [6.07, 6.45) is 8.45. The van der Waals surface area contributed by atoms with Gasteiger partial charge >= 0.3 is 0 Å². The van der Waals surface area contributed by atoms with E-state index < -0.39 is 5.91 Å². The van der Waals surface area contributed by atoms with E-state index in [1.54, 1.807) is 48.4 Å². The van der Waals surface area contributed by atoms with Gasteiger partial charge in [0.2, 0.25) is 0 Å². The number of rotatable bonds is 6. The lowest BCUT2D eigenvalue weighted by molar-refractivity contribution is 0.102. The van der Waals surface area contributed by atoms with Crippen LogP contribution >= 0.6 is 0 Å². The number of aryl methyl sites for hydroxylation is 2. The highest BCUT2D eigenvalue weighted by molar-refractivity contribution is 6.03. The molecule has 4 aromatic rings. The van der Waals surface area contributed by atoms with Crippen molar-refractivity contribution in [3.8, 4) is 22.8 Å². The monoisotopic (exact) mass is 444 g/mol. The SMILES string of the molecule is Cc1cc(Oc2ccnc(-c3cnn(C)c3)c2)cnc1NC(=O)c1cccn(C(C)C)c1=O. The number of hydrogen-bond acceptors (Lipinski definition) is 6. The van der Waals surface area contributed by atoms with Gasteiger partial charge in [0.25, 0.3) is 11.5 Å². The maximum Gasteiger partial charge on any atom is 0.263 e. The van der Waals surface area contributed by atoms with Crippen molar-refractivity contribution in [2.75, 3.05) is 5.32 Å². The highest BCUT2D eigenvalue weighted by atomic mass is 16.5. The van der Waals surface area contributed by atoms with E-state index in [0.717, 1.165) is 11.3 Å². The van der Waals surface area contributed by atoms with Crippen molar-refractivity contribution in [2.24, 2.45) is 7.05 Å². The number of nitrogens with zero attached hydrogens (tertiary/aromatic N) is 5. The van der Waals surface area contributed by atoms with Gasteiger partial charge < -0.3 is 14.6 Å². The maximum atomic E-state index is 12.7. The normalized spacial score (nSPS) is 10.9. The van der Waals surface area contributed by atoms with Gasteiger partial charge in [-0.25, -0.2) is 4.98 Å². The van der Waals surface area contributed by atoms with Gasteiger partial charge in [-0.3, -0.25) is 19.3 Å². The number of hydrogen-bond donors (Lipinski definition) is 1. The molecule has 1 N–H and O–H groups in total. The van der Waals surface area contributed by atoms with Crippen LogP contribution in [-0.2, 0) is 7.05 Å². The Bertz CT molecular complexity index is 1370. The standard InChI is InChI=1S/C24H24N6O3/c1-15(2)30-9-5-6-20(24(30)32)23(31)28-22-16(3)10-19(13-26-22)33-18-7-8-25-21(11-18)17-12-27-29(4)14-17/h5-15H,1-4H3,(H,26,28,31). The molecule has 4 heterocycles. The number of pyridine rings is 3. The highest BCUT2D eigenvalue weighted by Gasteiger charge is 2.15. The number of nitrogens with one attached hydrogen (secondary N) is 1. The molecule has 0 atom stereocenters. The number of aromatic nitrogens is 5. The zero-order chi connectivity index (χ0) is 23.5. The minimum atomic E-state index is -0.505. The molecule has 0 aliphatic rings. The number of ether oxygens (including phenoxy) is 1. The molecule has 0 radical (unpaired) electrons. The van der Waals surface area contributed by atoms with Crippen LogP contribution in [-0.4, -0.2) is 30.2 Å². The van der Waals surface area contributed by atoms with Gasteiger partial charge in [-0.15, -0.1) is 0 Å². The largest absolute Gasteiger partial charge is 0.456 e. The van der Waals surface area contributed by atoms with E-state index in [-0.39, 0.29) is 17.2 Å². The van der Waals surface area contributed by atoms with Crippen LogP contribution in [0.4, 0.5) is 5.82 Å². The number of amides is 1. The van der Waals surface area contributed by atoms with Crippen LogP contribution < -0.4 is 15.6 Å². The lowest BCUT2D eigenvalue weighted by Gasteiger charge is -2.12. The fourth-order valence-corrected chi connectivity index (χ4v) is 3.32. The molecule has 0 aliphatic heterocycles. The van der Waals surface area contributed by atoms with E-state index in [4.69, 9.17) is 4.74 Å². The second kappa shape index (κ2) is 9.07. The summed E-state index contributed by atoms with van der Waals surface area (Å²) in [5, 5.41) is 6.88. The molecule has 0 unspecified atom stereocenters. The van der Waals surface area contributed by atoms with Crippen LogP contribution in [0.25, 0.3) is 11.3 Å². The summed E-state index contributed by atoms with van der Waals surface area (Å²) in [6.45, 7) is 5.58. The number of carbonyl (C=O) groups excluding carboxylic acids is 1. The third-order valence-corrected chi connectivity index (χ3v) is 5.03. The molecule has 0 aromatic carbocycles. The molecule has 0 aliphatic carbocycles. The van der Waals surface area contributed by atoms with Crippen LogP contribution in [0.1, 0.15) is 35.8 Å². The molecule has 0 bridgehead atoms. The van der Waals surface area contributed by atoms with Gasteiger partial charge in [0.05, 0.1) is 18.1 Å². The van der Waals surface area contributed by atoms with Crippen LogP contribution in [0.2, 0.25) is 0 Å². The summed E-state index contributed by atoms with van der Waals surface area (Å²) >= 11 is 0. The molecule has 4 rings (SSSR count). The van der Waals surface area contributed by atoms with Gasteiger partial charge in [0.15, 0.2) is 0 Å². The first-order valence-electron chi connectivity index (χ1n) is 10.4. The molecule has 0 fully saturated rings. The molecule has 9 nitrogen and oxygen atoms in total. The number of carbonyl (C=O) groups is 1. The topological polar surface area (TPSA) is 104 Å². The van der Waals surface area contributed by atoms with E-state index in [0.29, 0.717) is 22.9 Å². The zero-order valence-electron chi connectivity index (χ0n) is 18.8. The Morgan fingerprint density at radius 2 is 1.94 bits per heavy atom. The predicted octanol–water partition coefficient (Wildman–Crippen LogP) is 3.97. The average Bonchev–Trinajstić information content (AvgIpc) is 3.22. The van der Waals surface area contributed by atoms with Crippen LogP contribution in [0, 0.1) is 6.92 Å². The maximum absolute atomic E-state index is 12.7. The Morgan fingerprint density at radius 3 is 2.64 bits per heavy atom. The van der Waals surface area contributed by atoms with Gasteiger partial charge in [-0.05, 0) is 50.6 Å². The van der Waals surface area contributed by atoms with Crippen LogP contribution in [0.15, 0.2) is 66.1 Å². The van der Waals surface area contributed by atoms with Crippen LogP contribution in [0.3, 0.4) is 0 Å². The lowest BCUT2D eigenvalue weighted by Crippen LogP contribution is -2.29. The minimum Gasteiger partial charge on any atom is -0.456 e. The van der Waals surface area contributed by atoms with E-state index >= 15 is 0 Å². The molecule has 4 aromatic heterocycles. The second-order valence-corrected chi connectivity index (χ2v) is 7.90. The van der Waals surface area contributed by atoms with Crippen molar-refractivity contribution >= 4 is 11.7 Å². The Hall–Kier alpha value is -4.27. The summed E-state index contributed by atoms with van der Waals surface area (Å²) in [6, 6.07) is 8.48. The van der Waals surface area contributed by atoms with Crippen molar-refractivity contribution in [1.29, 1.82) is 0 Å². The second-order valence-electron chi connectivity index (χ2n) is 7.90. The smallest absolute Gasteiger partial charge is 0.263 e. The minimum absolute atomic E-state index is 0.0478. The fourth-order valence-electron chi connectivity index (χ4n) is 3.32. The zero-order valence-corrected chi connectivity index (χ0v) is 18.8. The molecular weight excluding hydrogens is 420 g/mol. The first-order chi connectivity index (χ1) is 15.8. The summed E-state index contributed by atoms with van der Waals surface area (Å²) in [5.74, 6) is 0.961. The summed E-state index contributed by atoms with van der Waals surface area (Å²) in [5.41, 5.74) is 2.04. The molecule has 0 saturated heterocycles. The lowest BCUT2D eigenvalue weighted by atomic mass is 10.2. The fraction of sp³-hybridized carbons (Fsp3) is 0.208. The number of anilines is 1. The van der Waals surface area contributed by atoms with Gasteiger partial charge in [0, 0.05) is 43.3 Å². The van der Waals surface area contributed by atoms with Crippen molar-refractivity contribution in [1.82, 2.24) is 24.3 Å².